The molecule has 0 aliphatic heterocycles. The summed E-state index contributed by atoms with van der Waals surface area (Å²) in [7, 11) is -3.21. The minimum Gasteiger partial charge on any atom is -0.368 e. The Morgan fingerprint density at radius 1 is 1.07 bits per heavy atom. The summed E-state index contributed by atoms with van der Waals surface area (Å²) in [5, 5.41) is 12.0. The minimum absolute atomic E-state index is 0.131. The second-order valence-corrected chi connectivity index (χ2v) is 7.97. The Morgan fingerprint density at radius 3 is 2.33 bits per heavy atom. The zero-order valence-electron chi connectivity index (χ0n) is 14.5. The van der Waals surface area contributed by atoms with Gasteiger partial charge >= 0.3 is 0 Å². The van der Waals surface area contributed by atoms with Crippen molar-refractivity contribution in [1.82, 2.24) is 9.97 Å². The maximum Gasteiger partial charge on any atom is 0.222 e. The number of nitriles is 1. The Hall–Kier alpha value is -3.44. The molecule has 8 heteroatoms. The van der Waals surface area contributed by atoms with Crippen molar-refractivity contribution in [3.63, 3.8) is 0 Å². The van der Waals surface area contributed by atoms with Crippen LogP contribution in [-0.4, -0.2) is 24.6 Å². The summed E-state index contributed by atoms with van der Waals surface area (Å²) in [6, 6.07) is 17.5. The fourth-order valence-corrected chi connectivity index (χ4v) is 3.10. The van der Waals surface area contributed by atoms with E-state index in [1.54, 1.807) is 54.6 Å². The first-order chi connectivity index (χ1) is 12.8. The molecule has 0 aliphatic rings. The lowest BCUT2D eigenvalue weighted by atomic mass is 10.1. The van der Waals surface area contributed by atoms with Crippen LogP contribution in [0.3, 0.4) is 0 Å². The summed E-state index contributed by atoms with van der Waals surface area (Å²) in [6.45, 7) is 0.452. The Labute approximate surface area is 157 Å². The normalized spacial score (nSPS) is 11.0. The molecule has 0 aliphatic carbocycles. The molecule has 0 saturated heterocycles. The van der Waals surface area contributed by atoms with Gasteiger partial charge in [0.15, 0.2) is 9.84 Å². The largest absolute Gasteiger partial charge is 0.368 e. The summed E-state index contributed by atoms with van der Waals surface area (Å²) in [5.41, 5.74) is 8.74. The highest BCUT2D eigenvalue weighted by Crippen LogP contribution is 2.21. The maximum atomic E-state index is 11.5. The first-order valence-electron chi connectivity index (χ1n) is 8.03. The molecule has 0 atom stereocenters. The zero-order chi connectivity index (χ0) is 19.4. The van der Waals surface area contributed by atoms with E-state index in [9.17, 15) is 8.42 Å². The molecule has 1 aromatic heterocycles. The molecule has 7 nitrogen and oxygen atoms in total. The molecule has 0 saturated carbocycles. The van der Waals surface area contributed by atoms with E-state index < -0.39 is 9.84 Å². The third kappa shape index (κ3) is 4.59. The fourth-order valence-electron chi connectivity index (χ4n) is 2.47. The van der Waals surface area contributed by atoms with E-state index in [2.05, 4.69) is 21.4 Å². The Morgan fingerprint density at radius 2 is 1.74 bits per heavy atom. The number of anilines is 2. The predicted octanol–water partition coefficient (Wildman–Crippen LogP) is 2.61. The van der Waals surface area contributed by atoms with Gasteiger partial charge in [-0.2, -0.15) is 10.2 Å². The van der Waals surface area contributed by atoms with Crippen molar-refractivity contribution in [3.05, 3.63) is 65.7 Å². The number of nitrogens with one attached hydrogen (secondary N) is 1. The van der Waals surface area contributed by atoms with E-state index in [4.69, 9.17) is 11.0 Å². The lowest BCUT2D eigenvalue weighted by Gasteiger charge is -2.09. The molecule has 3 aromatic rings. The monoisotopic (exact) mass is 379 g/mol. The van der Waals surface area contributed by atoms with Gasteiger partial charge in [-0.05, 0) is 29.8 Å². The third-order valence-electron chi connectivity index (χ3n) is 3.88. The van der Waals surface area contributed by atoms with Crippen LogP contribution < -0.4 is 11.1 Å². The van der Waals surface area contributed by atoms with Gasteiger partial charge in [0.2, 0.25) is 5.95 Å². The summed E-state index contributed by atoms with van der Waals surface area (Å²) < 4.78 is 23.0. The molecular formula is C19H17N5O2S. The molecule has 0 unspecified atom stereocenters. The number of nitrogens with two attached hydrogens (primary N) is 1. The predicted molar refractivity (Wildman–Crippen MR) is 103 cm³/mol. The van der Waals surface area contributed by atoms with E-state index in [0.717, 1.165) is 11.1 Å². The van der Waals surface area contributed by atoms with Gasteiger partial charge in [0, 0.05) is 24.4 Å². The highest BCUT2D eigenvalue weighted by Gasteiger charge is 2.08. The van der Waals surface area contributed by atoms with Crippen LogP contribution in [0.25, 0.3) is 11.3 Å². The summed E-state index contributed by atoms with van der Waals surface area (Å²) >= 11 is 0. The standard InChI is InChI=1S/C19H17N5O2S/c1-27(25,26)16-8-4-14(5-9-16)12-22-18-10-17(23-19(21)24-18)15-6-2-13(11-20)3-7-15/h2-10H,12H2,1H3,(H3,21,22,23,24). The molecular weight excluding hydrogens is 362 g/mol. The number of aromatic nitrogens is 2. The quantitative estimate of drug-likeness (QED) is 0.698. The van der Waals surface area contributed by atoms with Crippen molar-refractivity contribution in [1.29, 1.82) is 5.26 Å². The van der Waals surface area contributed by atoms with Crippen LogP contribution in [0.2, 0.25) is 0 Å². The lowest BCUT2D eigenvalue weighted by Crippen LogP contribution is -2.05. The molecule has 136 valence electrons. The van der Waals surface area contributed by atoms with Crippen molar-refractivity contribution < 1.29 is 8.42 Å². The van der Waals surface area contributed by atoms with Gasteiger partial charge < -0.3 is 11.1 Å². The van der Waals surface area contributed by atoms with Crippen molar-refractivity contribution in [3.8, 4) is 17.3 Å². The van der Waals surface area contributed by atoms with Crippen LogP contribution >= 0.6 is 0 Å². The van der Waals surface area contributed by atoms with Crippen LogP contribution in [-0.2, 0) is 16.4 Å². The average Bonchev–Trinajstić information content (AvgIpc) is 2.66. The van der Waals surface area contributed by atoms with Gasteiger partial charge in [-0.3, -0.25) is 0 Å². The number of hydrogen-bond donors (Lipinski definition) is 2. The first-order valence-corrected chi connectivity index (χ1v) is 9.92. The second kappa shape index (κ2) is 7.43. The van der Waals surface area contributed by atoms with Crippen LogP contribution in [0.1, 0.15) is 11.1 Å². The van der Waals surface area contributed by atoms with Gasteiger partial charge in [-0.25, -0.2) is 13.4 Å². The third-order valence-corrected chi connectivity index (χ3v) is 5.01. The molecule has 0 amide bonds. The lowest BCUT2D eigenvalue weighted by molar-refractivity contribution is 0.602. The van der Waals surface area contributed by atoms with Crippen molar-refractivity contribution in [2.75, 3.05) is 17.3 Å². The van der Waals surface area contributed by atoms with Gasteiger partial charge in [0.1, 0.15) is 5.82 Å². The van der Waals surface area contributed by atoms with Crippen molar-refractivity contribution in [2.24, 2.45) is 0 Å². The summed E-state index contributed by atoms with van der Waals surface area (Å²) in [6.07, 6.45) is 1.18. The van der Waals surface area contributed by atoms with Crippen LogP contribution in [0, 0.1) is 11.3 Å². The van der Waals surface area contributed by atoms with E-state index in [-0.39, 0.29) is 10.8 Å². The number of benzene rings is 2. The fraction of sp³-hybridized carbons (Fsp3) is 0.105. The highest BCUT2D eigenvalue weighted by atomic mass is 32.2. The van der Waals surface area contributed by atoms with E-state index >= 15 is 0 Å². The minimum atomic E-state index is -3.21. The van der Waals surface area contributed by atoms with Crippen LogP contribution in [0.15, 0.2) is 59.5 Å². The average molecular weight is 379 g/mol. The van der Waals surface area contributed by atoms with E-state index in [0.29, 0.717) is 23.6 Å². The summed E-state index contributed by atoms with van der Waals surface area (Å²) in [5.74, 6) is 0.681. The number of hydrogen-bond acceptors (Lipinski definition) is 7. The molecule has 2 aromatic carbocycles. The Bertz CT molecular complexity index is 1100. The van der Waals surface area contributed by atoms with Gasteiger partial charge in [0.25, 0.3) is 0 Å². The molecule has 0 radical (unpaired) electrons. The summed E-state index contributed by atoms with van der Waals surface area (Å²) in [4.78, 5) is 8.68. The molecule has 0 bridgehead atoms. The maximum absolute atomic E-state index is 11.5. The molecule has 1 heterocycles. The molecule has 0 fully saturated rings. The van der Waals surface area contributed by atoms with Crippen LogP contribution in [0.4, 0.5) is 11.8 Å². The SMILES string of the molecule is CS(=O)(=O)c1ccc(CNc2cc(-c3ccc(C#N)cc3)nc(N)n2)cc1. The molecule has 3 rings (SSSR count). The van der Waals surface area contributed by atoms with Gasteiger partial charge in [0.05, 0.1) is 22.2 Å². The van der Waals surface area contributed by atoms with E-state index in [1.165, 1.54) is 6.26 Å². The number of nitrogens with zero attached hydrogens (tertiary/aromatic N) is 3. The smallest absolute Gasteiger partial charge is 0.222 e. The second-order valence-electron chi connectivity index (χ2n) is 5.96. The van der Waals surface area contributed by atoms with Gasteiger partial charge in [-0.15, -0.1) is 0 Å². The zero-order valence-corrected chi connectivity index (χ0v) is 15.4. The molecule has 0 spiro atoms. The number of rotatable bonds is 5. The van der Waals surface area contributed by atoms with Crippen molar-refractivity contribution in [2.45, 2.75) is 11.4 Å². The molecule has 3 N–H and O–H groups in total. The molecule has 27 heavy (non-hydrogen) atoms. The highest BCUT2D eigenvalue weighted by molar-refractivity contribution is 7.90. The Balaban J connectivity index is 1.77. The van der Waals surface area contributed by atoms with E-state index in [1.807, 2.05) is 0 Å². The number of sulfone groups is 1. The first kappa shape index (κ1) is 18.4. The van der Waals surface area contributed by atoms with Gasteiger partial charge in [-0.1, -0.05) is 24.3 Å². The Kier molecular flexibility index (Phi) is 5.05. The topological polar surface area (TPSA) is 122 Å². The van der Waals surface area contributed by atoms with Crippen molar-refractivity contribution >= 4 is 21.6 Å². The van der Waals surface area contributed by atoms with Crippen LogP contribution in [0.5, 0.6) is 0 Å². The number of nitrogen functional groups attached to an aromatic ring is 1.